The van der Waals surface area contributed by atoms with Crippen LogP contribution < -0.4 is 5.73 Å². The number of rotatable bonds is 5. The second-order valence-corrected chi connectivity index (χ2v) is 2.98. The molecule has 6 nitrogen and oxygen atoms in total. The molecule has 0 aliphatic heterocycles. The Labute approximate surface area is 83.3 Å². The lowest BCUT2D eigenvalue weighted by molar-refractivity contribution is -0.139. The number of nitrogens with two attached hydrogens (primary N) is 1. The van der Waals surface area contributed by atoms with Gasteiger partial charge in [-0.2, -0.15) is 0 Å². The topological polar surface area (TPSA) is 88.2 Å². The highest BCUT2D eigenvalue weighted by atomic mass is 16.5. The zero-order valence-electron chi connectivity index (χ0n) is 8.73. The second-order valence-electron chi connectivity index (χ2n) is 2.98. The first-order chi connectivity index (χ1) is 6.52. The number of ether oxygens (including phenoxy) is 1. The van der Waals surface area contributed by atoms with E-state index < -0.39 is 6.10 Å². The number of likely N-dealkylation sites (N-methyl/N-ethyl adjacent to an activating group) is 1. The molecule has 6 heteroatoms. The molecule has 0 heterocycles. The molecular weight excluding hydrogens is 186 g/mol. The summed E-state index contributed by atoms with van der Waals surface area (Å²) in [4.78, 5) is 12.9. The van der Waals surface area contributed by atoms with Crippen LogP contribution in [0.5, 0.6) is 0 Å². The van der Waals surface area contributed by atoms with E-state index in [9.17, 15) is 4.79 Å². The predicted octanol–water partition coefficient (Wildman–Crippen LogP) is -0.384. The molecule has 1 unspecified atom stereocenters. The molecule has 0 bridgehead atoms. The van der Waals surface area contributed by atoms with E-state index in [4.69, 9.17) is 15.7 Å². The fourth-order valence-electron chi connectivity index (χ4n) is 0.854. The maximum absolute atomic E-state index is 11.4. The third-order valence-electron chi connectivity index (χ3n) is 1.91. The summed E-state index contributed by atoms with van der Waals surface area (Å²) >= 11 is 0. The maximum Gasteiger partial charge on any atom is 0.251 e. The molecule has 0 fully saturated rings. The van der Waals surface area contributed by atoms with Gasteiger partial charge in [0.25, 0.3) is 5.91 Å². The highest BCUT2D eigenvalue weighted by Gasteiger charge is 2.16. The summed E-state index contributed by atoms with van der Waals surface area (Å²) in [5.74, 6) is -0.0204. The molecule has 0 aliphatic rings. The number of methoxy groups -OCH3 is 1. The molecule has 0 aromatic heterocycles. The predicted molar refractivity (Wildman–Crippen MR) is 52.1 cm³/mol. The van der Waals surface area contributed by atoms with Gasteiger partial charge < -0.3 is 20.6 Å². The number of hydrogen-bond acceptors (Lipinski definition) is 4. The fraction of sp³-hybridized carbons (Fsp3) is 0.750. The van der Waals surface area contributed by atoms with E-state index in [1.54, 1.807) is 14.0 Å². The van der Waals surface area contributed by atoms with Crippen molar-refractivity contribution in [2.45, 2.75) is 19.4 Å². The zero-order valence-corrected chi connectivity index (χ0v) is 8.73. The standard InChI is InChI=1S/C8H17N3O3/c1-6(14-3)8(12)11(2)5-4-7(9)10-13/h6,13H,4-5H2,1-3H3,(H2,9,10). The molecule has 1 atom stereocenters. The van der Waals surface area contributed by atoms with Crippen molar-refractivity contribution in [3.05, 3.63) is 0 Å². The molecule has 0 spiro atoms. The Hall–Kier alpha value is -1.30. The molecule has 0 saturated heterocycles. The summed E-state index contributed by atoms with van der Waals surface area (Å²) in [6.07, 6.45) is -0.123. The van der Waals surface area contributed by atoms with E-state index >= 15 is 0 Å². The minimum atomic E-state index is -0.465. The second kappa shape index (κ2) is 6.20. The highest BCUT2D eigenvalue weighted by Crippen LogP contribution is 1.96. The Balaban J connectivity index is 3.96. The number of hydrogen-bond donors (Lipinski definition) is 2. The summed E-state index contributed by atoms with van der Waals surface area (Å²) < 4.78 is 4.86. The summed E-state index contributed by atoms with van der Waals surface area (Å²) in [5, 5.41) is 11.1. The molecule has 1 amide bonds. The lowest BCUT2D eigenvalue weighted by Crippen LogP contribution is -2.37. The van der Waals surface area contributed by atoms with Gasteiger partial charge in [-0.3, -0.25) is 4.79 Å². The number of amides is 1. The van der Waals surface area contributed by atoms with Crippen molar-refractivity contribution in [1.29, 1.82) is 0 Å². The average molecular weight is 203 g/mol. The number of amidine groups is 1. The molecule has 0 aromatic rings. The van der Waals surface area contributed by atoms with Crippen LogP contribution in [0.3, 0.4) is 0 Å². The first-order valence-electron chi connectivity index (χ1n) is 4.27. The van der Waals surface area contributed by atoms with Gasteiger partial charge in [-0.25, -0.2) is 0 Å². The Kier molecular flexibility index (Phi) is 5.62. The highest BCUT2D eigenvalue weighted by molar-refractivity contribution is 5.82. The van der Waals surface area contributed by atoms with Crippen molar-refractivity contribution in [1.82, 2.24) is 4.90 Å². The molecule has 0 radical (unpaired) electrons. The Morgan fingerprint density at radius 3 is 2.71 bits per heavy atom. The largest absolute Gasteiger partial charge is 0.409 e. The first kappa shape index (κ1) is 12.7. The zero-order chi connectivity index (χ0) is 11.1. The smallest absolute Gasteiger partial charge is 0.251 e. The number of nitrogens with zero attached hydrogens (tertiary/aromatic N) is 2. The lowest BCUT2D eigenvalue weighted by Gasteiger charge is -2.19. The van der Waals surface area contributed by atoms with Gasteiger partial charge >= 0.3 is 0 Å². The molecule has 3 N–H and O–H groups in total. The van der Waals surface area contributed by atoms with Gasteiger partial charge in [0.2, 0.25) is 0 Å². The van der Waals surface area contributed by atoms with Crippen LogP contribution in [0.1, 0.15) is 13.3 Å². The summed E-state index contributed by atoms with van der Waals surface area (Å²) in [6, 6.07) is 0. The van der Waals surface area contributed by atoms with E-state index in [2.05, 4.69) is 5.16 Å². The molecule has 14 heavy (non-hydrogen) atoms. The van der Waals surface area contributed by atoms with Gasteiger partial charge in [0, 0.05) is 27.1 Å². The van der Waals surface area contributed by atoms with Crippen molar-refractivity contribution >= 4 is 11.7 Å². The Morgan fingerprint density at radius 1 is 1.71 bits per heavy atom. The van der Waals surface area contributed by atoms with Crippen LogP contribution in [0.25, 0.3) is 0 Å². The van der Waals surface area contributed by atoms with Crippen molar-refractivity contribution < 1.29 is 14.7 Å². The van der Waals surface area contributed by atoms with Crippen LogP contribution in [0.15, 0.2) is 5.16 Å². The summed E-state index contributed by atoms with van der Waals surface area (Å²) in [6.45, 7) is 2.07. The summed E-state index contributed by atoms with van der Waals surface area (Å²) in [5.41, 5.74) is 5.26. The number of carbonyl (C=O) groups excluding carboxylic acids is 1. The van der Waals surface area contributed by atoms with Gasteiger partial charge in [-0.05, 0) is 6.92 Å². The van der Waals surface area contributed by atoms with Crippen LogP contribution in [-0.2, 0) is 9.53 Å². The summed E-state index contributed by atoms with van der Waals surface area (Å²) in [7, 11) is 3.11. The Morgan fingerprint density at radius 2 is 2.29 bits per heavy atom. The van der Waals surface area contributed by atoms with Crippen LogP contribution >= 0.6 is 0 Å². The molecule has 0 rings (SSSR count). The molecular formula is C8H17N3O3. The van der Waals surface area contributed by atoms with E-state index in [0.717, 1.165) is 0 Å². The van der Waals surface area contributed by atoms with Gasteiger partial charge in [0.1, 0.15) is 11.9 Å². The Bertz CT molecular complexity index is 218. The minimum absolute atomic E-state index is 0.106. The average Bonchev–Trinajstić information content (AvgIpc) is 2.22. The van der Waals surface area contributed by atoms with Gasteiger partial charge in [0.05, 0.1) is 0 Å². The maximum atomic E-state index is 11.4. The van der Waals surface area contributed by atoms with E-state index in [1.807, 2.05) is 0 Å². The lowest BCUT2D eigenvalue weighted by atomic mass is 10.3. The van der Waals surface area contributed by atoms with E-state index in [-0.39, 0.29) is 11.7 Å². The molecule has 0 aliphatic carbocycles. The monoisotopic (exact) mass is 203 g/mol. The SMILES string of the molecule is COC(C)C(=O)N(C)CCC(N)=NO. The molecule has 82 valence electrons. The normalized spacial score (nSPS) is 13.8. The van der Waals surface area contributed by atoms with Crippen LogP contribution in [0.4, 0.5) is 0 Å². The fourth-order valence-corrected chi connectivity index (χ4v) is 0.854. The molecule has 0 aromatic carbocycles. The third-order valence-corrected chi connectivity index (χ3v) is 1.91. The van der Waals surface area contributed by atoms with Gasteiger partial charge in [-0.15, -0.1) is 0 Å². The van der Waals surface area contributed by atoms with Gasteiger partial charge in [-0.1, -0.05) is 5.16 Å². The van der Waals surface area contributed by atoms with Crippen molar-refractivity contribution in [3.63, 3.8) is 0 Å². The van der Waals surface area contributed by atoms with Crippen molar-refractivity contribution in [3.8, 4) is 0 Å². The van der Waals surface area contributed by atoms with Crippen LogP contribution in [0, 0.1) is 0 Å². The van der Waals surface area contributed by atoms with E-state index in [1.165, 1.54) is 12.0 Å². The van der Waals surface area contributed by atoms with Crippen LogP contribution in [0.2, 0.25) is 0 Å². The first-order valence-corrected chi connectivity index (χ1v) is 4.27. The number of carbonyl (C=O) groups is 1. The third kappa shape index (κ3) is 4.08. The number of oxime groups is 1. The minimum Gasteiger partial charge on any atom is -0.409 e. The van der Waals surface area contributed by atoms with Crippen LogP contribution in [-0.4, -0.2) is 48.7 Å². The van der Waals surface area contributed by atoms with Crippen molar-refractivity contribution in [2.75, 3.05) is 20.7 Å². The quantitative estimate of drug-likeness (QED) is 0.276. The van der Waals surface area contributed by atoms with Gasteiger partial charge in [0.15, 0.2) is 0 Å². The van der Waals surface area contributed by atoms with E-state index in [0.29, 0.717) is 13.0 Å². The van der Waals surface area contributed by atoms with Crippen molar-refractivity contribution in [2.24, 2.45) is 10.9 Å². The molecule has 0 saturated carbocycles.